The molecule has 2 nitrogen and oxygen atoms in total. The number of benzene rings is 2. The molecule has 1 heterocycles. The van der Waals surface area contributed by atoms with Gasteiger partial charge in [-0.25, -0.2) is 8.78 Å². The Kier molecular flexibility index (Phi) is 3.60. The van der Waals surface area contributed by atoms with Gasteiger partial charge in [-0.15, -0.1) is 11.3 Å². The molecule has 2 aromatic carbocycles. The van der Waals surface area contributed by atoms with E-state index in [9.17, 15) is 8.78 Å². The lowest BCUT2D eigenvalue weighted by Crippen LogP contribution is -2.19. The first-order chi connectivity index (χ1) is 11.2. The minimum atomic E-state index is -0.442. The molecule has 0 N–H and O–H groups in total. The van der Waals surface area contributed by atoms with Crippen LogP contribution in [0.5, 0.6) is 11.5 Å². The molecule has 1 aromatic heterocycles. The number of ether oxygens (including phenoxy) is 2. The van der Waals surface area contributed by atoms with Crippen LogP contribution >= 0.6 is 11.3 Å². The van der Waals surface area contributed by atoms with Gasteiger partial charge in [-0.1, -0.05) is 6.42 Å². The predicted molar refractivity (Wildman–Crippen MR) is 88.6 cm³/mol. The minimum Gasteiger partial charge on any atom is -0.494 e. The summed E-state index contributed by atoms with van der Waals surface area (Å²) in [5.74, 6) is 0.118. The van der Waals surface area contributed by atoms with Crippen LogP contribution in [0, 0.1) is 17.6 Å². The lowest BCUT2D eigenvalue weighted by atomic mass is 9.86. The van der Waals surface area contributed by atoms with Crippen LogP contribution < -0.4 is 9.47 Å². The number of fused-ring (bicyclic) bond motifs is 3. The highest BCUT2D eigenvalue weighted by molar-refractivity contribution is 7.25. The third-order valence-electron chi connectivity index (χ3n) is 4.54. The van der Waals surface area contributed by atoms with Gasteiger partial charge in [0.05, 0.1) is 23.1 Å². The summed E-state index contributed by atoms with van der Waals surface area (Å²) in [4.78, 5) is 0. The highest BCUT2D eigenvalue weighted by Gasteiger charge is 2.21. The number of methoxy groups -OCH3 is 1. The third kappa shape index (κ3) is 2.34. The van der Waals surface area contributed by atoms with Gasteiger partial charge in [0.25, 0.3) is 0 Å². The zero-order valence-corrected chi connectivity index (χ0v) is 13.5. The Morgan fingerprint density at radius 1 is 1.00 bits per heavy atom. The molecule has 0 atom stereocenters. The molecule has 1 aliphatic rings. The molecule has 0 radical (unpaired) electrons. The van der Waals surface area contributed by atoms with Crippen molar-refractivity contribution in [2.75, 3.05) is 13.7 Å². The second kappa shape index (κ2) is 5.64. The molecular weight excluding hydrogens is 318 g/mol. The van der Waals surface area contributed by atoms with E-state index in [1.54, 1.807) is 24.3 Å². The molecule has 1 fully saturated rings. The Morgan fingerprint density at radius 3 is 2.17 bits per heavy atom. The molecule has 1 aliphatic carbocycles. The SMILES string of the molecule is COc1ccc2c(sc3c(F)c(OCC4CCC4)ccc32)c1F. The largest absolute Gasteiger partial charge is 0.494 e. The van der Waals surface area contributed by atoms with Crippen molar-refractivity contribution >= 4 is 31.5 Å². The van der Waals surface area contributed by atoms with Crippen LogP contribution in [0.15, 0.2) is 24.3 Å². The highest BCUT2D eigenvalue weighted by Crippen LogP contribution is 2.41. The zero-order chi connectivity index (χ0) is 16.0. The van der Waals surface area contributed by atoms with E-state index in [4.69, 9.17) is 9.47 Å². The van der Waals surface area contributed by atoms with Gasteiger partial charge in [-0.3, -0.25) is 0 Å². The van der Waals surface area contributed by atoms with Gasteiger partial charge in [-0.2, -0.15) is 0 Å². The number of rotatable bonds is 4. The van der Waals surface area contributed by atoms with Crippen molar-refractivity contribution in [1.29, 1.82) is 0 Å². The minimum absolute atomic E-state index is 0.172. The monoisotopic (exact) mass is 334 g/mol. The van der Waals surface area contributed by atoms with E-state index in [0.29, 0.717) is 32.7 Å². The molecule has 4 rings (SSSR count). The van der Waals surface area contributed by atoms with Crippen molar-refractivity contribution in [1.82, 2.24) is 0 Å². The van der Waals surface area contributed by atoms with E-state index in [2.05, 4.69) is 0 Å². The molecule has 0 aliphatic heterocycles. The summed E-state index contributed by atoms with van der Waals surface area (Å²) in [6.07, 6.45) is 3.53. The fraction of sp³-hybridized carbons (Fsp3) is 0.333. The summed E-state index contributed by atoms with van der Waals surface area (Å²) >= 11 is 1.10. The Hall–Kier alpha value is -1.88. The van der Waals surface area contributed by atoms with Gasteiger partial charge >= 0.3 is 0 Å². The summed E-state index contributed by atoms with van der Waals surface area (Å²) in [5, 5.41) is 1.41. The van der Waals surface area contributed by atoms with Gasteiger partial charge in [0.15, 0.2) is 23.1 Å². The van der Waals surface area contributed by atoms with E-state index < -0.39 is 11.6 Å². The Morgan fingerprint density at radius 2 is 1.61 bits per heavy atom. The summed E-state index contributed by atoms with van der Waals surface area (Å²) in [6, 6.07) is 6.79. The van der Waals surface area contributed by atoms with Crippen molar-refractivity contribution < 1.29 is 18.3 Å². The van der Waals surface area contributed by atoms with Gasteiger partial charge in [-0.05, 0) is 43.0 Å². The second-order valence-electron chi connectivity index (χ2n) is 5.92. The first kappa shape index (κ1) is 14.7. The van der Waals surface area contributed by atoms with Crippen LogP contribution in [0.25, 0.3) is 20.2 Å². The molecule has 0 unspecified atom stereocenters. The van der Waals surface area contributed by atoms with Crippen LogP contribution in [-0.4, -0.2) is 13.7 Å². The molecule has 0 spiro atoms. The number of halogens is 2. The normalized spacial score (nSPS) is 15.1. The lowest BCUT2D eigenvalue weighted by Gasteiger charge is -2.25. The number of thiophene rings is 1. The average molecular weight is 334 g/mol. The van der Waals surface area contributed by atoms with Crippen LogP contribution in [0.3, 0.4) is 0 Å². The summed E-state index contributed by atoms with van der Waals surface area (Å²) in [7, 11) is 1.42. The molecule has 5 heteroatoms. The molecule has 120 valence electrons. The standard InChI is InChI=1S/C18H16F2O2S/c1-21-13-7-5-11-12-6-8-14(22-9-10-3-2-4-10)16(20)18(12)23-17(11)15(13)19/h5-8,10H,2-4,9H2,1H3. The van der Waals surface area contributed by atoms with E-state index >= 15 is 0 Å². The Balaban J connectivity index is 1.79. The van der Waals surface area contributed by atoms with Crippen LogP contribution in [0.2, 0.25) is 0 Å². The van der Waals surface area contributed by atoms with Gasteiger partial charge in [0.2, 0.25) is 0 Å². The Bertz CT molecular complexity index is 884. The predicted octanol–water partition coefficient (Wildman–Crippen LogP) is 5.52. The lowest BCUT2D eigenvalue weighted by molar-refractivity contribution is 0.176. The van der Waals surface area contributed by atoms with Crippen LogP contribution in [0.1, 0.15) is 19.3 Å². The zero-order valence-electron chi connectivity index (χ0n) is 12.7. The van der Waals surface area contributed by atoms with E-state index in [0.717, 1.165) is 24.2 Å². The first-order valence-corrected chi connectivity index (χ1v) is 8.50. The maximum Gasteiger partial charge on any atom is 0.182 e. The van der Waals surface area contributed by atoms with Crippen molar-refractivity contribution in [3.05, 3.63) is 35.9 Å². The number of hydrogen-bond acceptors (Lipinski definition) is 3. The van der Waals surface area contributed by atoms with Crippen molar-refractivity contribution in [2.24, 2.45) is 5.92 Å². The van der Waals surface area contributed by atoms with Crippen LogP contribution in [-0.2, 0) is 0 Å². The fourth-order valence-electron chi connectivity index (χ4n) is 2.94. The number of hydrogen-bond donors (Lipinski definition) is 0. The average Bonchev–Trinajstić information content (AvgIpc) is 2.89. The molecule has 3 aromatic rings. The molecule has 0 bridgehead atoms. The Labute approximate surface area is 136 Å². The molecule has 1 saturated carbocycles. The third-order valence-corrected chi connectivity index (χ3v) is 5.74. The van der Waals surface area contributed by atoms with E-state index in [1.807, 2.05) is 0 Å². The maximum atomic E-state index is 14.7. The van der Waals surface area contributed by atoms with E-state index in [-0.39, 0.29) is 11.5 Å². The van der Waals surface area contributed by atoms with Gasteiger partial charge < -0.3 is 9.47 Å². The van der Waals surface area contributed by atoms with Crippen molar-refractivity contribution in [2.45, 2.75) is 19.3 Å². The van der Waals surface area contributed by atoms with Gasteiger partial charge in [0.1, 0.15) is 0 Å². The molecular formula is C18H16F2O2S. The smallest absolute Gasteiger partial charge is 0.182 e. The molecule has 23 heavy (non-hydrogen) atoms. The van der Waals surface area contributed by atoms with Crippen molar-refractivity contribution in [3.8, 4) is 11.5 Å². The topological polar surface area (TPSA) is 18.5 Å². The first-order valence-electron chi connectivity index (χ1n) is 7.69. The second-order valence-corrected chi connectivity index (χ2v) is 6.94. The highest BCUT2D eigenvalue weighted by atomic mass is 32.1. The maximum absolute atomic E-state index is 14.7. The van der Waals surface area contributed by atoms with Crippen LogP contribution in [0.4, 0.5) is 8.78 Å². The summed E-state index contributed by atoms with van der Waals surface area (Å²) in [5.41, 5.74) is 0. The fourth-order valence-corrected chi connectivity index (χ4v) is 4.10. The summed E-state index contributed by atoms with van der Waals surface area (Å²) in [6.45, 7) is 0.551. The van der Waals surface area contributed by atoms with E-state index in [1.165, 1.54) is 13.5 Å². The quantitative estimate of drug-likeness (QED) is 0.625. The molecule has 0 amide bonds. The van der Waals surface area contributed by atoms with Gasteiger partial charge in [0, 0.05) is 10.8 Å². The molecule has 0 saturated heterocycles. The van der Waals surface area contributed by atoms with Crippen molar-refractivity contribution in [3.63, 3.8) is 0 Å². The summed E-state index contributed by atoms with van der Waals surface area (Å²) < 4.78 is 40.6.